The van der Waals surface area contributed by atoms with Gasteiger partial charge in [0.15, 0.2) is 0 Å². The number of halogens is 3. The lowest BCUT2D eigenvalue weighted by Gasteiger charge is -2.18. The van der Waals surface area contributed by atoms with Crippen molar-refractivity contribution in [3.8, 4) is 5.75 Å². The molecule has 0 aliphatic heterocycles. The number of rotatable bonds is 0. The highest BCUT2D eigenvalue weighted by atomic mass is 19.4. The van der Waals surface area contributed by atoms with E-state index in [2.05, 4.69) is 0 Å². The van der Waals surface area contributed by atoms with Crippen molar-refractivity contribution in [1.29, 1.82) is 0 Å². The molecule has 0 bridgehead atoms. The van der Waals surface area contributed by atoms with E-state index in [0.717, 1.165) is 24.3 Å². The Kier molecular flexibility index (Phi) is 4.18. The molecule has 5 heteroatoms. The Morgan fingerprint density at radius 3 is 1.81 bits per heavy atom. The molecule has 3 N–H and O–H groups in total. The molecule has 0 heterocycles. The second-order valence-electron chi connectivity index (χ2n) is 3.74. The van der Waals surface area contributed by atoms with Gasteiger partial charge in [-0.15, -0.1) is 0 Å². The molecule has 0 radical (unpaired) electrons. The van der Waals surface area contributed by atoms with Crippen LogP contribution in [0.5, 0.6) is 5.75 Å². The van der Waals surface area contributed by atoms with Crippen molar-refractivity contribution in [2.24, 2.45) is 5.73 Å². The van der Waals surface area contributed by atoms with Crippen LogP contribution in [0.2, 0.25) is 0 Å². The van der Waals surface area contributed by atoms with Gasteiger partial charge in [-0.2, -0.15) is 13.2 Å². The fourth-order valence-electron chi connectivity index (χ4n) is 1.09. The van der Waals surface area contributed by atoms with Crippen LogP contribution in [0.15, 0.2) is 24.3 Å². The molecule has 1 saturated carbocycles. The molecular formula is C11H14F3NO. The molecule has 0 amide bonds. The maximum absolute atomic E-state index is 11.8. The van der Waals surface area contributed by atoms with Crippen molar-refractivity contribution in [2.45, 2.75) is 31.5 Å². The van der Waals surface area contributed by atoms with Gasteiger partial charge in [0.1, 0.15) is 5.75 Å². The van der Waals surface area contributed by atoms with Gasteiger partial charge < -0.3 is 10.8 Å². The molecule has 16 heavy (non-hydrogen) atoms. The maximum atomic E-state index is 11.8. The Morgan fingerprint density at radius 2 is 1.56 bits per heavy atom. The number of phenolic OH excluding ortho intramolecular Hbond substituents is 1. The van der Waals surface area contributed by atoms with Gasteiger partial charge in [-0.1, -0.05) is 6.42 Å². The summed E-state index contributed by atoms with van der Waals surface area (Å²) < 4.78 is 35.5. The average Bonchev–Trinajstić information content (AvgIpc) is 2.15. The van der Waals surface area contributed by atoms with Crippen molar-refractivity contribution < 1.29 is 18.3 Å². The van der Waals surface area contributed by atoms with E-state index in [1.807, 2.05) is 0 Å². The number of hydrogen-bond acceptors (Lipinski definition) is 2. The third-order valence-corrected chi connectivity index (χ3v) is 2.34. The molecular weight excluding hydrogens is 219 g/mol. The Hall–Kier alpha value is -1.23. The van der Waals surface area contributed by atoms with Crippen LogP contribution in [0.4, 0.5) is 13.2 Å². The quantitative estimate of drug-likeness (QED) is 0.723. The minimum atomic E-state index is -4.33. The molecule has 1 fully saturated rings. The fraction of sp³-hybridized carbons (Fsp3) is 0.455. The van der Waals surface area contributed by atoms with Gasteiger partial charge in [-0.3, -0.25) is 0 Å². The number of benzene rings is 1. The monoisotopic (exact) mass is 233 g/mol. The van der Waals surface area contributed by atoms with Crippen LogP contribution in [0, 0.1) is 0 Å². The molecule has 0 aromatic heterocycles. The SMILES string of the molecule is NC1CCC1.Oc1ccc(C(F)(F)F)cc1. The number of hydrogen-bond donors (Lipinski definition) is 2. The largest absolute Gasteiger partial charge is 0.508 e. The second-order valence-corrected chi connectivity index (χ2v) is 3.74. The van der Waals surface area contributed by atoms with Crippen molar-refractivity contribution in [3.63, 3.8) is 0 Å². The van der Waals surface area contributed by atoms with Gasteiger partial charge in [0.05, 0.1) is 5.56 Å². The standard InChI is InChI=1S/C7H5F3O.C4H9N/c8-7(9,10)5-1-3-6(11)4-2-5;5-4-2-1-3-4/h1-4,11H;4H,1-3,5H2. The Morgan fingerprint density at radius 1 is 1.12 bits per heavy atom. The number of nitrogens with two attached hydrogens (primary N) is 1. The fourth-order valence-corrected chi connectivity index (χ4v) is 1.09. The van der Waals surface area contributed by atoms with E-state index in [1.54, 1.807) is 0 Å². The van der Waals surface area contributed by atoms with Crippen LogP contribution in [0.25, 0.3) is 0 Å². The summed E-state index contributed by atoms with van der Waals surface area (Å²) in [6.45, 7) is 0. The number of alkyl halides is 3. The topological polar surface area (TPSA) is 46.2 Å². The minimum Gasteiger partial charge on any atom is -0.508 e. The summed E-state index contributed by atoms with van der Waals surface area (Å²) in [6, 6.07) is 4.23. The first-order valence-electron chi connectivity index (χ1n) is 5.01. The molecule has 0 spiro atoms. The van der Waals surface area contributed by atoms with Gasteiger partial charge in [-0.25, -0.2) is 0 Å². The van der Waals surface area contributed by atoms with E-state index < -0.39 is 11.7 Å². The molecule has 2 nitrogen and oxygen atoms in total. The van der Waals surface area contributed by atoms with E-state index in [9.17, 15) is 13.2 Å². The van der Waals surface area contributed by atoms with Gasteiger partial charge in [0, 0.05) is 6.04 Å². The summed E-state index contributed by atoms with van der Waals surface area (Å²) in [5, 5.41) is 8.66. The third kappa shape index (κ3) is 4.10. The Balaban J connectivity index is 0.000000212. The Labute approximate surface area is 91.9 Å². The molecule has 0 saturated heterocycles. The third-order valence-electron chi connectivity index (χ3n) is 2.34. The van der Waals surface area contributed by atoms with Crippen molar-refractivity contribution in [2.75, 3.05) is 0 Å². The van der Waals surface area contributed by atoms with Gasteiger partial charge in [0.2, 0.25) is 0 Å². The zero-order valence-electron chi connectivity index (χ0n) is 8.67. The lowest BCUT2D eigenvalue weighted by molar-refractivity contribution is -0.137. The molecule has 0 atom stereocenters. The van der Waals surface area contributed by atoms with Gasteiger partial charge in [0.25, 0.3) is 0 Å². The number of aromatic hydroxyl groups is 1. The van der Waals surface area contributed by atoms with Crippen LogP contribution < -0.4 is 5.73 Å². The van der Waals surface area contributed by atoms with Crippen molar-refractivity contribution >= 4 is 0 Å². The molecule has 1 aromatic carbocycles. The highest BCUT2D eigenvalue weighted by Gasteiger charge is 2.29. The summed E-state index contributed by atoms with van der Waals surface area (Å²) in [7, 11) is 0. The van der Waals surface area contributed by atoms with Crippen LogP contribution in [0.1, 0.15) is 24.8 Å². The van der Waals surface area contributed by atoms with Gasteiger partial charge >= 0.3 is 6.18 Å². The van der Waals surface area contributed by atoms with E-state index in [0.29, 0.717) is 6.04 Å². The predicted molar refractivity (Wildman–Crippen MR) is 54.9 cm³/mol. The van der Waals surface area contributed by atoms with E-state index in [-0.39, 0.29) is 5.75 Å². The van der Waals surface area contributed by atoms with Gasteiger partial charge in [-0.05, 0) is 37.1 Å². The van der Waals surface area contributed by atoms with E-state index in [4.69, 9.17) is 10.8 Å². The van der Waals surface area contributed by atoms with E-state index in [1.165, 1.54) is 19.3 Å². The Bertz CT molecular complexity index is 317. The van der Waals surface area contributed by atoms with Crippen molar-refractivity contribution in [1.82, 2.24) is 0 Å². The molecule has 1 aromatic rings. The summed E-state index contributed by atoms with van der Waals surface area (Å²) in [5.74, 6) is -0.169. The van der Waals surface area contributed by atoms with Crippen LogP contribution in [-0.2, 0) is 6.18 Å². The molecule has 2 rings (SSSR count). The average molecular weight is 233 g/mol. The molecule has 1 aliphatic carbocycles. The summed E-state index contributed by atoms with van der Waals surface area (Å²) in [4.78, 5) is 0. The smallest absolute Gasteiger partial charge is 0.416 e. The maximum Gasteiger partial charge on any atom is 0.416 e. The first-order chi connectivity index (χ1) is 7.39. The van der Waals surface area contributed by atoms with E-state index >= 15 is 0 Å². The molecule has 0 unspecified atom stereocenters. The zero-order chi connectivity index (χ0) is 12.2. The number of phenols is 1. The first-order valence-corrected chi connectivity index (χ1v) is 5.01. The molecule has 1 aliphatic rings. The highest BCUT2D eigenvalue weighted by Crippen LogP contribution is 2.29. The predicted octanol–water partition coefficient (Wildman–Crippen LogP) is 2.91. The zero-order valence-corrected chi connectivity index (χ0v) is 8.67. The lowest BCUT2D eigenvalue weighted by Crippen LogP contribution is -2.27. The summed E-state index contributed by atoms with van der Waals surface area (Å²) >= 11 is 0. The lowest BCUT2D eigenvalue weighted by atomic mass is 9.95. The summed E-state index contributed by atoms with van der Waals surface area (Å²) in [6.07, 6.45) is -0.436. The van der Waals surface area contributed by atoms with Crippen LogP contribution in [-0.4, -0.2) is 11.1 Å². The van der Waals surface area contributed by atoms with Crippen LogP contribution in [0.3, 0.4) is 0 Å². The van der Waals surface area contributed by atoms with Crippen LogP contribution >= 0.6 is 0 Å². The normalized spacial score (nSPS) is 16.0. The summed E-state index contributed by atoms with van der Waals surface area (Å²) in [5.41, 5.74) is 4.62. The second kappa shape index (κ2) is 5.21. The first kappa shape index (κ1) is 12.8. The molecule has 90 valence electrons. The van der Waals surface area contributed by atoms with Crippen molar-refractivity contribution in [3.05, 3.63) is 29.8 Å². The highest BCUT2D eigenvalue weighted by molar-refractivity contribution is 5.27. The minimum absolute atomic E-state index is 0.169.